The first kappa shape index (κ1) is 36.5. The highest BCUT2D eigenvalue weighted by molar-refractivity contribution is 6.11. The predicted octanol–water partition coefficient (Wildman–Crippen LogP) is 15.0. The number of rotatable bonds is 6. The Morgan fingerprint density at radius 1 is 0.344 bits per heavy atom. The number of nitrogens with zero attached hydrogens (tertiary/aromatic N) is 2. The van der Waals surface area contributed by atoms with E-state index >= 15 is 0 Å². The topological polar surface area (TPSA) is 6.48 Å². The van der Waals surface area contributed by atoms with Crippen LogP contribution < -0.4 is 20.2 Å². The molecule has 1 aliphatic carbocycles. The zero-order valence-corrected chi connectivity index (χ0v) is 35.1. The van der Waals surface area contributed by atoms with Crippen LogP contribution in [0.5, 0.6) is 0 Å². The number of benzene rings is 11. The lowest BCUT2D eigenvalue weighted by Crippen LogP contribution is -2.38. The van der Waals surface area contributed by atoms with Gasteiger partial charge in [0, 0.05) is 39.3 Å². The van der Waals surface area contributed by atoms with Crippen LogP contribution in [0, 0.1) is 0 Å². The molecule has 0 N–H and O–H groups in total. The predicted molar refractivity (Wildman–Crippen MR) is 272 cm³/mol. The van der Waals surface area contributed by atoms with Crippen LogP contribution in [0.1, 0.15) is 11.5 Å². The third-order valence-electron chi connectivity index (χ3n) is 13.7. The molecule has 0 radical (unpaired) electrons. The summed E-state index contributed by atoms with van der Waals surface area (Å²) in [5.74, 6) is 0.254. The minimum atomic E-state index is 0.153. The molecule has 300 valence electrons. The SMILES string of the molecule is C1=c2ccccc2=CC2C1c1ccccc1N2c1ccc(N(c2ccc3c(ccc4ccccc43)c2)c2ccc(-c3ccc4ccccc4c3)cc2-c2ccccc2)c2ccccc12. The summed E-state index contributed by atoms with van der Waals surface area (Å²) in [6.07, 6.45) is 4.96. The first-order chi connectivity index (χ1) is 31.7. The Bertz CT molecular complexity index is 3770. The molecule has 0 fully saturated rings. The summed E-state index contributed by atoms with van der Waals surface area (Å²) in [6, 6.07) is 85.3. The van der Waals surface area contributed by atoms with E-state index in [-0.39, 0.29) is 12.0 Å². The molecular formula is C62H42N2. The van der Waals surface area contributed by atoms with Gasteiger partial charge in [-0.2, -0.15) is 0 Å². The quantitative estimate of drug-likeness (QED) is 0.154. The van der Waals surface area contributed by atoms with E-state index in [1.54, 1.807) is 0 Å². The van der Waals surface area contributed by atoms with Crippen molar-refractivity contribution in [3.8, 4) is 22.3 Å². The molecule has 0 spiro atoms. The smallest absolute Gasteiger partial charge is 0.0635 e. The maximum atomic E-state index is 2.60. The molecule has 0 amide bonds. The van der Waals surface area contributed by atoms with Crippen LogP contribution in [0.15, 0.2) is 231 Å². The second-order valence-electron chi connectivity index (χ2n) is 17.2. The van der Waals surface area contributed by atoms with Crippen molar-refractivity contribution in [1.82, 2.24) is 0 Å². The first-order valence-electron chi connectivity index (χ1n) is 22.3. The Morgan fingerprint density at radius 2 is 0.969 bits per heavy atom. The largest absolute Gasteiger partial charge is 0.333 e. The molecule has 2 nitrogen and oxygen atoms in total. The molecule has 64 heavy (non-hydrogen) atoms. The number of hydrogen-bond acceptors (Lipinski definition) is 2. The summed E-state index contributed by atoms with van der Waals surface area (Å²) in [4.78, 5) is 5.10. The van der Waals surface area contributed by atoms with Crippen molar-refractivity contribution in [3.05, 3.63) is 247 Å². The summed E-state index contributed by atoms with van der Waals surface area (Å²) in [7, 11) is 0. The van der Waals surface area contributed by atoms with Gasteiger partial charge in [-0.25, -0.2) is 0 Å². The summed E-state index contributed by atoms with van der Waals surface area (Å²) < 4.78 is 0. The van der Waals surface area contributed by atoms with Crippen LogP contribution in [0.25, 0.3) is 77.5 Å². The molecule has 2 atom stereocenters. The Labute approximate surface area is 372 Å². The van der Waals surface area contributed by atoms with E-state index in [0.29, 0.717) is 0 Å². The summed E-state index contributed by atoms with van der Waals surface area (Å²) in [5, 5.41) is 12.5. The van der Waals surface area contributed by atoms with Crippen molar-refractivity contribution in [3.63, 3.8) is 0 Å². The normalized spacial score (nSPS) is 15.1. The van der Waals surface area contributed by atoms with Crippen molar-refractivity contribution in [2.75, 3.05) is 9.80 Å². The van der Waals surface area contributed by atoms with Crippen molar-refractivity contribution >= 4 is 83.7 Å². The van der Waals surface area contributed by atoms with Gasteiger partial charge in [-0.15, -0.1) is 0 Å². The highest BCUT2D eigenvalue weighted by Crippen LogP contribution is 2.52. The molecule has 0 saturated heterocycles. The van der Waals surface area contributed by atoms with E-state index in [2.05, 4.69) is 252 Å². The molecule has 1 aliphatic heterocycles. The summed E-state index contributed by atoms with van der Waals surface area (Å²) >= 11 is 0. The highest BCUT2D eigenvalue weighted by Gasteiger charge is 2.38. The average molecular weight is 815 g/mol. The monoisotopic (exact) mass is 814 g/mol. The molecule has 2 heteroatoms. The van der Waals surface area contributed by atoms with Gasteiger partial charge in [-0.05, 0) is 114 Å². The zero-order valence-electron chi connectivity index (χ0n) is 35.1. The van der Waals surface area contributed by atoms with Gasteiger partial charge in [0.05, 0.1) is 17.4 Å². The summed E-state index contributed by atoms with van der Waals surface area (Å²) in [6.45, 7) is 0. The van der Waals surface area contributed by atoms with E-state index < -0.39 is 0 Å². The second kappa shape index (κ2) is 14.7. The summed E-state index contributed by atoms with van der Waals surface area (Å²) in [5.41, 5.74) is 11.9. The van der Waals surface area contributed by atoms with Gasteiger partial charge in [0.1, 0.15) is 0 Å². The molecule has 1 heterocycles. The second-order valence-corrected chi connectivity index (χ2v) is 17.2. The molecule has 11 aromatic rings. The lowest BCUT2D eigenvalue weighted by atomic mass is 9.89. The molecule has 0 saturated carbocycles. The van der Waals surface area contributed by atoms with E-state index in [1.807, 2.05) is 0 Å². The van der Waals surface area contributed by atoms with E-state index in [4.69, 9.17) is 0 Å². The van der Waals surface area contributed by atoms with Crippen LogP contribution in [-0.4, -0.2) is 6.04 Å². The van der Waals surface area contributed by atoms with Crippen LogP contribution in [0.3, 0.4) is 0 Å². The van der Waals surface area contributed by atoms with E-state index in [0.717, 1.165) is 17.1 Å². The van der Waals surface area contributed by atoms with Gasteiger partial charge < -0.3 is 9.80 Å². The van der Waals surface area contributed by atoms with Crippen LogP contribution >= 0.6 is 0 Å². The van der Waals surface area contributed by atoms with Crippen molar-refractivity contribution < 1.29 is 0 Å². The Kier molecular flexibility index (Phi) is 8.39. The fourth-order valence-electron chi connectivity index (χ4n) is 10.7. The van der Waals surface area contributed by atoms with Gasteiger partial charge in [0.15, 0.2) is 0 Å². The van der Waals surface area contributed by atoms with Crippen molar-refractivity contribution in [2.45, 2.75) is 12.0 Å². The molecule has 0 bridgehead atoms. The average Bonchev–Trinajstić information content (AvgIpc) is 3.68. The van der Waals surface area contributed by atoms with Gasteiger partial charge in [-0.3, -0.25) is 0 Å². The fourth-order valence-corrected chi connectivity index (χ4v) is 10.7. The van der Waals surface area contributed by atoms with Gasteiger partial charge in [-0.1, -0.05) is 194 Å². The van der Waals surface area contributed by atoms with Crippen LogP contribution in [-0.2, 0) is 0 Å². The minimum Gasteiger partial charge on any atom is -0.333 e. The molecule has 11 aromatic carbocycles. The molecule has 2 unspecified atom stereocenters. The zero-order chi connectivity index (χ0) is 42.1. The number of para-hydroxylation sites is 1. The first-order valence-corrected chi connectivity index (χ1v) is 22.3. The van der Waals surface area contributed by atoms with Crippen molar-refractivity contribution in [1.29, 1.82) is 0 Å². The maximum Gasteiger partial charge on any atom is 0.0635 e. The lowest BCUT2D eigenvalue weighted by molar-refractivity contribution is 0.804. The molecular weight excluding hydrogens is 773 g/mol. The minimum absolute atomic E-state index is 0.153. The van der Waals surface area contributed by atoms with Crippen LogP contribution in [0.4, 0.5) is 28.4 Å². The molecule has 2 aliphatic rings. The van der Waals surface area contributed by atoms with Gasteiger partial charge in [0.25, 0.3) is 0 Å². The number of anilines is 5. The fraction of sp³-hybridized carbons (Fsp3) is 0.0323. The number of hydrogen-bond donors (Lipinski definition) is 0. The molecule has 13 rings (SSSR count). The third-order valence-corrected chi connectivity index (χ3v) is 13.7. The maximum absolute atomic E-state index is 2.60. The van der Waals surface area contributed by atoms with Crippen LogP contribution in [0.2, 0.25) is 0 Å². The Balaban J connectivity index is 1.05. The van der Waals surface area contributed by atoms with E-state index in [9.17, 15) is 0 Å². The third kappa shape index (κ3) is 5.87. The highest BCUT2D eigenvalue weighted by atomic mass is 15.2. The lowest BCUT2D eigenvalue weighted by Gasteiger charge is -2.33. The molecule has 0 aromatic heterocycles. The van der Waals surface area contributed by atoms with Gasteiger partial charge in [0.2, 0.25) is 0 Å². The van der Waals surface area contributed by atoms with Gasteiger partial charge >= 0.3 is 0 Å². The Morgan fingerprint density at radius 3 is 1.84 bits per heavy atom. The van der Waals surface area contributed by atoms with Crippen molar-refractivity contribution in [2.24, 2.45) is 0 Å². The van der Waals surface area contributed by atoms with E-state index in [1.165, 1.54) is 92.7 Å². The standard InChI is InChI=1S/C62H42N2/c1-2-15-42(16-3-1)56-38-48(47-28-26-41-14-4-5-18-44(41)36-47)30-33-61(56)63(50-31-32-52-49(37-50)29-27-43-17-8-9-21-51(43)52)59-34-35-60(54-23-11-10-22-53(54)59)64-58-25-13-12-24-55(58)57-39-45-19-6-7-20-46(45)40-62(57)64/h1-40,57,62H. The number of fused-ring (bicyclic) bond motifs is 9. The Hall–Kier alpha value is -8.20.